The fourth-order valence-electron chi connectivity index (χ4n) is 3.17. The maximum absolute atomic E-state index is 5.73. The lowest BCUT2D eigenvalue weighted by atomic mass is 10.2. The summed E-state index contributed by atoms with van der Waals surface area (Å²) in [5.41, 5.74) is 1.96. The minimum Gasteiger partial charge on any atom is -0.461 e. The molecule has 3 aliphatic rings. The zero-order valence-electron chi connectivity index (χ0n) is 14.5. The van der Waals surface area contributed by atoms with E-state index >= 15 is 0 Å². The van der Waals surface area contributed by atoms with Gasteiger partial charge < -0.3 is 13.9 Å². The first-order valence-electron chi connectivity index (χ1n) is 8.42. The number of ether oxygens (including phenoxy) is 2. The fraction of sp³-hybridized carbons (Fsp3) is 0.105. The van der Waals surface area contributed by atoms with Crippen LogP contribution in [0.15, 0.2) is 86.7 Å². The fourth-order valence-corrected chi connectivity index (χ4v) is 3.17. The van der Waals surface area contributed by atoms with Gasteiger partial charge in [-0.25, -0.2) is 0 Å². The summed E-state index contributed by atoms with van der Waals surface area (Å²) in [5, 5.41) is 6.79. The molecule has 2 aromatic rings. The van der Waals surface area contributed by atoms with Crippen molar-refractivity contribution < 1.29 is 18.6 Å². The highest BCUT2D eigenvalue weighted by Gasteiger charge is 2.51. The van der Waals surface area contributed by atoms with Crippen LogP contribution in [0.5, 0.6) is 0 Å². The van der Waals surface area contributed by atoms with E-state index in [1.165, 1.54) is 0 Å². The first-order chi connectivity index (χ1) is 13.3. The third-order valence-corrected chi connectivity index (χ3v) is 4.41. The van der Waals surface area contributed by atoms with E-state index in [1.54, 1.807) is 31.0 Å². The Morgan fingerprint density at radius 1 is 1.15 bits per heavy atom. The number of nitrogens with zero attached hydrogens (tertiary/aromatic N) is 5. The van der Waals surface area contributed by atoms with E-state index in [2.05, 4.69) is 9.98 Å². The molecule has 5 rings (SSSR count). The second-order valence-corrected chi connectivity index (χ2v) is 6.08. The Labute approximate surface area is 155 Å². The molecule has 0 aliphatic carbocycles. The number of hydrogen-bond donors (Lipinski definition) is 0. The minimum absolute atomic E-state index is 0.0838. The van der Waals surface area contributed by atoms with Crippen molar-refractivity contribution in [1.29, 1.82) is 0 Å². The van der Waals surface area contributed by atoms with Gasteiger partial charge in [-0.05, 0) is 40.5 Å². The van der Waals surface area contributed by atoms with Crippen LogP contribution >= 0.6 is 0 Å². The summed E-state index contributed by atoms with van der Waals surface area (Å²) in [4.78, 5) is 8.88. The highest BCUT2D eigenvalue weighted by molar-refractivity contribution is 6.31. The average Bonchev–Trinajstić information content (AvgIpc) is 3.44. The normalized spacial score (nSPS) is 22.5. The van der Waals surface area contributed by atoms with Crippen molar-refractivity contribution in [3.05, 3.63) is 78.5 Å². The largest absolute Gasteiger partial charge is 0.461 e. The van der Waals surface area contributed by atoms with Crippen LogP contribution in [0.3, 0.4) is 0 Å². The number of rotatable bonds is 4. The van der Waals surface area contributed by atoms with Gasteiger partial charge in [0.1, 0.15) is 11.9 Å². The van der Waals surface area contributed by atoms with Crippen LogP contribution in [-0.2, 0) is 9.47 Å². The number of quaternary nitrogens is 1. The van der Waals surface area contributed by atoms with Crippen LogP contribution in [0.4, 0.5) is 5.69 Å². The molecule has 0 saturated carbocycles. The third kappa shape index (κ3) is 2.38. The van der Waals surface area contributed by atoms with Crippen LogP contribution in [0.2, 0.25) is 0 Å². The summed E-state index contributed by atoms with van der Waals surface area (Å²) in [6.07, 6.45) is 8.39. The zero-order chi connectivity index (χ0) is 18.3. The van der Waals surface area contributed by atoms with Crippen LogP contribution in [0.25, 0.3) is 0 Å². The number of benzene rings is 1. The number of aliphatic imine (C=N–C) groups is 2. The van der Waals surface area contributed by atoms with Gasteiger partial charge >= 0.3 is 5.84 Å². The Morgan fingerprint density at radius 2 is 2.07 bits per heavy atom. The summed E-state index contributed by atoms with van der Waals surface area (Å²) >= 11 is 0. The van der Waals surface area contributed by atoms with E-state index in [-0.39, 0.29) is 11.5 Å². The molecule has 134 valence electrons. The molecule has 1 unspecified atom stereocenters. The molecule has 0 fully saturated rings. The molecule has 0 spiro atoms. The van der Waals surface area contributed by atoms with Gasteiger partial charge in [-0.1, -0.05) is 18.2 Å². The average molecular weight is 362 g/mol. The van der Waals surface area contributed by atoms with Gasteiger partial charge in [-0.2, -0.15) is 4.99 Å². The topological polar surface area (TPSA) is 71.9 Å². The Hall–Kier alpha value is -3.65. The van der Waals surface area contributed by atoms with Crippen molar-refractivity contribution in [2.45, 2.75) is 6.92 Å². The van der Waals surface area contributed by atoms with Crippen molar-refractivity contribution in [1.82, 2.24) is 0 Å². The van der Waals surface area contributed by atoms with Crippen molar-refractivity contribution in [3.8, 4) is 0 Å². The molecule has 0 saturated heterocycles. The number of para-hydroxylation sites is 1. The summed E-state index contributed by atoms with van der Waals surface area (Å²) in [6, 6.07) is 11.6. The van der Waals surface area contributed by atoms with Gasteiger partial charge in [0.2, 0.25) is 6.79 Å². The maximum atomic E-state index is 5.73. The molecular formula is C19H16N5O3+. The Balaban J connectivity index is 1.72. The number of anilines is 1. The lowest BCUT2D eigenvalue weighted by molar-refractivity contribution is -0.798. The van der Waals surface area contributed by atoms with Crippen LogP contribution < -0.4 is 5.01 Å². The zero-order valence-corrected chi connectivity index (χ0v) is 14.5. The molecule has 1 atom stereocenters. The standard InChI is InChI=1S/C19H16N5O3/c1-14-5-2-3-6-15(14)23(18-12-25-13-27-18)24-9-8-20-11-17(24)21-19(22-24)16-7-4-10-26-16/h2-12H,13H2,1H3/q+1. The van der Waals surface area contributed by atoms with Gasteiger partial charge in [0, 0.05) is 0 Å². The molecule has 8 nitrogen and oxygen atoms in total. The highest BCUT2D eigenvalue weighted by Crippen LogP contribution is 2.37. The molecule has 8 heteroatoms. The Kier molecular flexibility index (Phi) is 3.44. The minimum atomic E-state index is -0.0838. The predicted molar refractivity (Wildman–Crippen MR) is 99.4 cm³/mol. The molecule has 3 aliphatic heterocycles. The van der Waals surface area contributed by atoms with Crippen LogP contribution in [-0.4, -0.2) is 29.4 Å². The van der Waals surface area contributed by atoms with Crippen LogP contribution in [0, 0.1) is 6.92 Å². The maximum Gasteiger partial charge on any atom is 0.306 e. The van der Waals surface area contributed by atoms with Gasteiger partial charge in [0.05, 0.1) is 12.5 Å². The molecule has 1 aromatic heterocycles. The second-order valence-electron chi connectivity index (χ2n) is 6.08. The lowest BCUT2D eigenvalue weighted by Gasteiger charge is -2.35. The number of aryl methyl sites for hydroxylation is 1. The van der Waals surface area contributed by atoms with Crippen molar-refractivity contribution in [3.63, 3.8) is 0 Å². The molecule has 4 heterocycles. The first kappa shape index (κ1) is 15.6. The van der Waals surface area contributed by atoms with Gasteiger partial charge in [0.25, 0.3) is 11.7 Å². The highest BCUT2D eigenvalue weighted by atomic mass is 16.7. The first-order valence-corrected chi connectivity index (χ1v) is 8.42. The van der Waals surface area contributed by atoms with Crippen molar-refractivity contribution in [2.75, 3.05) is 11.8 Å². The molecular weight excluding hydrogens is 346 g/mol. The summed E-state index contributed by atoms with van der Waals surface area (Å²) < 4.78 is 16.5. The summed E-state index contributed by atoms with van der Waals surface area (Å²) in [7, 11) is 0. The SMILES string of the molecule is Cc1ccccc1N(C1=COCO1)[N+]12C=CN=CC1=NC(c1ccco1)=N2. The third-order valence-electron chi connectivity index (χ3n) is 4.41. The van der Waals surface area contributed by atoms with E-state index in [1.807, 2.05) is 48.5 Å². The van der Waals surface area contributed by atoms with E-state index < -0.39 is 0 Å². The van der Waals surface area contributed by atoms with Crippen molar-refractivity contribution in [2.24, 2.45) is 15.1 Å². The summed E-state index contributed by atoms with van der Waals surface area (Å²) in [5.74, 6) is 2.20. The second kappa shape index (κ2) is 5.96. The van der Waals surface area contributed by atoms with Crippen molar-refractivity contribution >= 4 is 23.6 Å². The van der Waals surface area contributed by atoms with E-state index in [0.29, 0.717) is 23.3 Å². The number of amidine groups is 2. The number of furan rings is 1. The molecule has 27 heavy (non-hydrogen) atoms. The lowest BCUT2D eigenvalue weighted by Crippen LogP contribution is -2.56. The predicted octanol–water partition coefficient (Wildman–Crippen LogP) is 3.26. The molecule has 0 bridgehead atoms. The number of fused-ring (bicyclic) bond motifs is 1. The van der Waals surface area contributed by atoms with Gasteiger partial charge in [-0.15, -0.1) is 5.01 Å². The molecule has 0 amide bonds. The van der Waals surface area contributed by atoms with Gasteiger partial charge in [-0.3, -0.25) is 4.99 Å². The smallest absolute Gasteiger partial charge is 0.306 e. The number of hydrogen-bond acceptors (Lipinski definition) is 7. The molecule has 0 N–H and O–H groups in total. The monoisotopic (exact) mass is 362 g/mol. The quantitative estimate of drug-likeness (QED) is 0.783. The van der Waals surface area contributed by atoms with E-state index in [4.69, 9.17) is 19.0 Å². The Bertz CT molecular complexity index is 1040. The molecule has 1 aromatic carbocycles. The summed E-state index contributed by atoms with van der Waals surface area (Å²) in [6.45, 7) is 2.18. The van der Waals surface area contributed by atoms with Gasteiger partial charge in [0.15, 0.2) is 18.2 Å². The molecule has 0 radical (unpaired) electrons. The van der Waals surface area contributed by atoms with E-state index in [0.717, 1.165) is 11.3 Å². The van der Waals surface area contributed by atoms with E-state index in [9.17, 15) is 0 Å². The Morgan fingerprint density at radius 3 is 2.85 bits per heavy atom. The van der Waals surface area contributed by atoms with Crippen LogP contribution in [0.1, 0.15) is 11.3 Å².